The number of morpholine rings is 1. The highest BCUT2D eigenvalue weighted by molar-refractivity contribution is 14.0. The van der Waals surface area contributed by atoms with E-state index in [0.717, 1.165) is 11.8 Å². The maximum atomic E-state index is 13.2. The van der Waals surface area contributed by atoms with Gasteiger partial charge >= 0.3 is 0 Å². The summed E-state index contributed by atoms with van der Waals surface area (Å²) in [5.41, 5.74) is 0.204. The summed E-state index contributed by atoms with van der Waals surface area (Å²) in [5.74, 6) is 0.424. The molecule has 1 aromatic rings. The van der Waals surface area contributed by atoms with Crippen molar-refractivity contribution < 1.29 is 17.5 Å². The Bertz CT molecular complexity index is 787. The van der Waals surface area contributed by atoms with E-state index in [1.807, 2.05) is 13.8 Å². The molecule has 1 fully saturated rings. The second-order valence-corrected chi connectivity index (χ2v) is 9.57. The van der Waals surface area contributed by atoms with Gasteiger partial charge in [-0.2, -0.15) is 0 Å². The van der Waals surface area contributed by atoms with Gasteiger partial charge in [-0.25, -0.2) is 17.5 Å². The first-order chi connectivity index (χ1) is 13.0. The van der Waals surface area contributed by atoms with E-state index in [4.69, 9.17) is 4.74 Å². The molecule has 7 nitrogen and oxygen atoms in total. The van der Waals surface area contributed by atoms with Crippen molar-refractivity contribution in [3.8, 4) is 0 Å². The number of rotatable bonds is 6. The molecule has 2 rings (SSSR count). The van der Waals surface area contributed by atoms with Crippen LogP contribution in [0.25, 0.3) is 0 Å². The van der Waals surface area contributed by atoms with Gasteiger partial charge in [0, 0.05) is 18.6 Å². The molecule has 0 aromatic heterocycles. The highest BCUT2D eigenvalue weighted by atomic mass is 127. The van der Waals surface area contributed by atoms with Gasteiger partial charge in [0.2, 0.25) is 10.0 Å². The van der Waals surface area contributed by atoms with Gasteiger partial charge in [-0.05, 0) is 45.4 Å². The lowest BCUT2D eigenvalue weighted by atomic mass is 10.1. The van der Waals surface area contributed by atoms with Crippen molar-refractivity contribution in [2.75, 3.05) is 32.4 Å². The molecule has 1 aromatic carbocycles. The maximum absolute atomic E-state index is 13.2. The average Bonchev–Trinajstić information content (AvgIpc) is 2.56. The number of aliphatic imine (C=N–C) groups is 1. The van der Waals surface area contributed by atoms with Crippen LogP contribution in [0.1, 0.15) is 39.4 Å². The fourth-order valence-electron chi connectivity index (χ4n) is 3.22. The zero-order chi connectivity index (χ0) is 20.9. The van der Waals surface area contributed by atoms with E-state index < -0.39 is 15.6 Å². The summed E-state index contributed by atoms with van der Waals surface area (Å²) in [7, 11) is -3.33. The average molecular weight is 542 g/mol. The first-order valence-electron chi connectivity index (χ1n) is 9.42. The van der Waals surface area contributed by atoms with E-state index in [1.54, 1.807) is 26.0 Å². The number of nitrogens with one attached hydrogen (secondary N) is 2. The van der Waals surface area contributed by atoms with Crippen molar-refractivity contribution in [2.24, 2.45) is 4.99 Å². The lowest BCUT2D eigenvalue weighted by molar-refractivity contribution is -0.0605. The number of nitrogens with zero attached hydrogens (tertiary/aromatic N) is 2. The zero-order valence-corrected chi connectivity index (χ0v) is 20.8. The number of halogens is 2. The third kappa shape index (κ3) is 8.73. The van der Waals surface area contributed by atoms with Crippen molar-refractivity contribution in [2.45, 2.75) is 45.4 Å². The predicted molar refractivity (Wildman–Crippen MR) is 125 cm³/mol. The molecule has 0 radical (unpaired) electrons. The monoisotopic (exact) mass is 542 g/mol. The van der Waals surface area contributed by atoms with Crippen LogP contribution in [-0.2, 0) is 14.8 Å². The van der Waals surface area contributed by atoms with E-state index in [2.05, 4.69) is 19.9 Å². The number of guanidine groups is 1. The molecule has 0 amide bonds. The standard InChI is InChI=1S/C19H31FN4O3S.HI/c1-6-21-18(22-13-19(3,4)23-28(5,25)26)24-11-14(2)27-17(12-24)15-7-9-16(20)10-8-15;/h7-10,14,17,23H,6,11-13H2,1-5H3,(H,21,22);1H. The second kappa shape index (κ2) is 10.9. The van der Waals surface area contributed by atoms with Crippen molar-refractivity contribution in [1.82, 2.24) is 14.9 Å². The minimum Gasteiger partial charge on any atom is -0.367 e. The highest BCUT2D eigenvalue weighted by Gasteiger charge is 2.29. The minimum absolute atomic E-state index is 0. The minimum atomic E-state index is -3.33. The van der Waals surface area contributed by atoms with Gasteiger partial charge in [0.1, 0.15) is 11.9 Å². The van der Waals surface area contributed by atoms with Gasteiger partial charge in [-0.15, -0.1) is 24.0 Å². The highest BCUT2D eigenvalue weighted by Crippen LogP contribution is 2.25. The molecule has 2 N–H and O–H groups in total. The lowest BCUT2D eigenvalue weighted by Crippen LogP contribution is -2.52. The first-order valence-corrected chi connectivity index (χ1v) is 11.3. The fourth-order valence-corrected chi connectivity index (χ4v) is 4.29. The summed E-state index contributed by atoms with van der Waals surface area (Å²) >= 11 is 0. The summed E-state index contributed by atoms with van der Waals surface area (Å²) in [6.07, 6.45) is 0.908. The largest absolute Gasteiger partial charge is 0.367 e. The number of hydrogen-bond donors (Lipinski definition) is 2. The molecule has 10 heteroatoms. The normalized spacial score (nSPS) is 20.9. The molecule has 0 aliphatic carbocycles. The van der Waals surface area contributed by atoms with E-state index in [0.29, 0.717) is 25.6 Å². The smallest absolute Gasteiger partial charge is 0.209 e. The van der Waals surface area contributed by atoms with Gasteiger partial charge in [0.15, 0.2) is 5.96 Å². The van der Waals surface area contributed by atoms with Crippen molar-refractivity contribution >= 4 is 40.0 Å². The molecular formula is C19H32FIN4O3S. The molecule has 0 bridgehead atoms. The Labute approximate surface area is 190 Å². The van der Waals surface area contributed by atoms with Crippen LogP contribution >= 0.6 is 24.0 Å². The third-order valence-corrected chi connectivity index (χ3v) is 5.15. The Morgan fingerprint density at radius 3 is 2.48 bits per heavy atom. The topological polar surface area (TPSA) is 83.0 Å². The number of ether oxygens (including phenoxy) is 1. The summed E-state index contributed by atoms with van der Waals surface area (Å²) < 4.78 is 45.0. The molecule has 2 unspecified atom stereocenters. The van der Waals surface area contributed by atoms with E-state index in [1.165, 1.54) is 12.1 Å². The molecule has 166 valence electrons. The van der Waals surface area contributed by atoms with Crippen molar-refractivity contribution in [3.05, 3.63) is 35.6 Å². The van der Waals surface area contributed by atoms with Crippen LogP contribution in [0.5, 0.6) is 0 Å². The molecule has 1 aliphatic heterocycles. The Hall–Kier alpha value is -0.980. The summed E-state index contributed by atoms with van der Waals surface area (Å²) in [6, 6.07) is 6.33. The van der Waals surface area contributed by atoms with Gasteiger partial charge in [0.25, 0.3) is 0 Å². The van der Waals surface area contributed by atoms with Gasteiger partial charge in [0.05, 0.1) is 25.4 Å². The Morgan fingerprint density at radius 2 is 1.93 bits per heavy atom. The van der Waals surface area contributed by atoms with Gasteiger partial charge in [-0.1, -0.05) is 12.1 Å². The first kappa shape index (κ1) is 26.1. The number of benzene rings is 1. The molecule has 1 saturated heterocycles. The Balaban J connectivity index is 0.00000420. The summed E-state index contributed by atoms with van der Waals surface area (Å²) in [4.78, 5) is 6.76. The van der Waals surface area contributed by atoms with Crippen LogP contribution < -0.4 is 10.0 Å². The van der Waals surface area contributed by atoms with Crippen LogP contribution in [0.15, 0.2) is 29.3 Å². The molecule has 1 heterocycles. The molecule has 29 heavy (non-hydrogen) atoms. The quantitative estimate of drug-likeness (QED) is 0.328. The van der Waals surface area contributed by atoms with Crippen LogP contribution in [0.3, 0.4) is 0 Å². The van der Waals surface area contributed by atoms with E-state index in [-0.39, 0.29) is 48.5 Å². The maximum Gasteiger partial charge on any atom is 0.209 e. The fraction of sp³-hybridized carbons (Fsp3) is 0.632. The van der Waals surface area contributed by atoms with Crippen LogP contribution in [-0.4, -0.2) is 63.4 Å². The summed E-state index contributed by atoms with van der Waals surface area (Å²) in [5, 5.41) is 3.27. The SMILES string of the molecule is CCNC(=NCC(C)(C)NS(C)(=O)=O)N1CC(C)OC(c2ccc(F)cc2)C1.I. The van der Waals surface area contributed by atoms with Gasteiger partial charge in [-0.3, -0.25) is 4.99 Å². The van der Waals surface area contributed by atoms with E-state index >= 15 is 0 Å². The zero-order valence-electron chi connectivity index (χ0n) is 17.6. The van der Waals surface area contributed by atoms with Crippen LogP contribution in [0.4, 0.5) is 4.39 Å². The Morgan fingerprint density at radius 1 is 1.31 bits per heavy atom. The molecule has 0 saturated carbocycles. The van der Waals surface area contributed by atoms with Gasteiger partial charge < -0.3 is 15.0 Å². The molecule has 1 aliphatic rings. The number of hydrogen-bond acceptors (Lipinski definition) is 4. The van der Waals surface area contributed by atoms with Crippen LogP contribution in [0, 0.1) is 5.82 Å². The van der Waals surface area contributed by atoms with Crippen molar-refractivity contribution in [3.63, 3.8) is 0 Å². The second-order valence-electron chi connectivity index (χ2n) is 7.82. The predicted octanol–water partition coefficient (Wildman–Crippen LogP) is 2.50. The molecule has 2 atom stereocenters. The Kier molecular flexibility index (Phi) is 9.77. The number of sulfonamides is 1. The lowest BCUT2D eigenvalue weighted by Gasteiger charge is -2.39. The van der Waals surface area contributed by atoms with Crippen LogP contribution in [0.2, 0.25) is 0 Å². The summed E-state index contributed by atoms with van der Waals surface area (Å²) in [6.45, 7) is 9.76. The van der Waals surface area contributed by atoms with Crippen molar-refractivity contribution in [1.29, 1.82) is 0 Å². The van der Waals surface area contributed by atoms with E-state index in [9.17, 15) is 12.8 Å². The molecule has 0 spiro atoms. The molecular weight excluding hydrogens is 510 g/mol. The third-order valence-electron chi connectivity index (χ3n) is 4.22.